The summed E-state index contributed by atoms with van der Waals surface area (Å²) in [5.74, 6) is 0.349. The fourth-order valence-corrected chi connectivity index (χ4v) is 3.75. The SMILES string of the molecule is Cc1nc(N2CCN(c3ncc(C(F)(F)F)cc3Cl)CC2)sc1C#N. The van der Waals surface area contributed by atoms with Gasteiger partial charge in [0.15, 0.2) is 5.13 Å². The van der Waals surface area contributed by atoms with Crippen molar-refractivity contribution in [1.82, 2.24) is 9.97 Å². The maximum Gasteiger partial charge on any atom is 0.417 e. The summed E-state index contributed by atoms with van der Waals surface area (Å²) in [7, 11) is 0. The Morgan fingerprint density at radius 2 is 1.88 bits per heavy atom. The fraction of sp³-hybridized carbons (Fsp3) is 0.400. The van der Waals surface area contributed by atoms with Crippen LogP contribution in [0, 0.1) is 18.3 Å². The van der Waals surface area contributed by atoms with Crippen LogP contribution in [0.15, 0.2) is 12.3 Å². The summed E-state index contributed by atoms with van der Waals surface area (Å²) in [4.78, 5) is 12.8. The third-order valence-electron chi connectivity index (χ3n) is 3.89. The predicted molar refractivity (Wildman–Crippen MR) is 90.2 cm³/mol. The van der Waals surface area contributed by atoms with Crippen LogP contribution in [0.1, 0.15) is 16.1 Å². The van der Waals surface area contributed by atoms with Gasteiger partial charge in [0.1, 0.15) is 16.8 Å². The monoisotopic (exact) mass is 387 g/mol. The molecule has 2 aromatic heterocycles. The lowest BCUT2D eigenvalue weighted by molar-refractivity contribution is -0.137. The van der Waals surface area contributed by atoms with E-state index in [-0.39, 0.29) is 5.02 Å². The minimum atomic E-state index is -4.46. The molecule has 5 nitrogen and oxygen atoms in total. The average molecular weight is 388 g/mol. The van der Waals surface area contributed by atoms with Gasteiger partial charge < -0.3 is 9.80 Å². The van der Waals surface area contributed by atoms with Crippen LogP contribution in [0.3, 0.4) is 0 Å². The number of pyridine rings is 1. The molecule has 1 fully saturated rings. The van der Waals surface area contributed by atoms with E-state index in [4.69, 9.17) is 16.9 Å². The average Bonchev–Trinajstić information content (AvgIpc) is 2.95. The smallest absolute Gasteiger partial charge is 0.352 e. The molecular weight excluding hydrogens is 375 g/mol. The highest BCUT2D eigenvalue weighted by molar-refractivity contribution is 7.16. The summed E-state index contributed by atoms with van der Waals surface area (Å²) in [5, 5.41) is 9.79. The standard InChI is InChI=1S/C15H13ClF3N5S/c1-9-12(7-20)25-14(22-9)24-4-2-23(3-5-24)13-11(16)6-10(8-21-13)15(17,18)19/h6,8H,2-5H2,1H3. The Kier molecular flexibility index (Phi) is 4.75. The van der Waals surface area contributed by atoms with Gasteiger partial charge in [0.2, 0.25) is 0 Å². The summed E-state index contributed by atoms with van der Waals surface area (Å²) in [5.41, 5.74) is -0.153. The third-order valence-corrected chi connectivity index (χ3v) is 5.29. The summed E-state index contributed by atoms with van der Waals surface area (Å²) >= 11 is 7.34. The molecule has 3 rings (SSSR count). The zero-order valence-corrected chi connectivity index (χ0v) is 14.7. The first-order valence-corrected chi connectivity index (χ1v) is 8.59. The van der Waals surface area contributed by atoms with Crippen LogP contribution >= 0.6 is 22.9 Å². The van der Waals surface area contributed by atoms with Gasteiger partial charge in [-0.25, -0.2) is 9.97 Å². The third kappa shape index (κ3) is 3.65. The second kappa shape index (κ2) is 6.69. The van der Waals surface area contributed by atoms with E-state index in [1.54, 1.807) is 6.92 Å². The Labute approximate surface area is 151 Å². The van der Waals surface area contributed by atoms with Gasteiger partial charge in [0.25, 0.3) is 0 Å². The molecule has 3 heterocycles. The van der Waals surface area contributed by atoms with Crippen LogP contribution in [-0.4, -0.2) is 36.1 Å². The van der Waals surface area contributed by atoms with Crippen LogP contribution < -0.4 is 9.80 Å². The lowest BCUT2D eigenvalue weighted by Gasteiger charge is -2.35. The summed E-state index contributed by atoms with van der Waals surface area (Å²) in [6.07, 6.45) is -3.66. The molecule has 0 atom stereocenters. The van der Waals surface area contributed by atoms with E-state index in [9.17, 15) is 13.2 Å². The van der Waals surface area contributed by atoms with Gasteiger partial charge in [-0.3, -0.25) is 0 Å². The van der Waals surface area contributed by atoms with Crippen molar-refractivity contribution < 1.29 is 13.2 Å². The number of nitrogens with zero attached hydrogens (tertiary/aromatic N) is 5. The number of halogens is 4. The van der Waals surface area contributed by atoms with E-state index in [2.05, 4.69) is 16.0 Å². The molecule has 25 heavy (non-hydrogen) atoms. The minimum absolute atomic E-state index is 0.0138. The molecule has 10 heteroatoms. The van der Waals surface area contributed by atoms with E-state index in [1.165, 1.54) is 11.3 Å². The molecule has 1 aliphatic rings. The van der Waals surface area contributed by atoms with Gasteiger partial charge in [-0.15, -0.1) is 0 Å². The molecule has 1 aliphatic heterocycles. The zero-order chi connectivity index (χ0) is 18.2. The number of aryl methyl sites for hydroxylation is 1. The first-order chi connectivity index (χ1) is 11.8. The Morgan fingerprint density at radius 1 is 1.24 bits per heavy atom. The highest BCUT2D eigenvalue weighted by Crippen LogP contribution is 2.34. The molecule has 0 radical (unpaired) electrons. The van der Waals surface area contributed by atoms with Gasteiger partial charge in [-0.05, 0) is 13.0 Å². The largest absolute Gasteiger partial charge is 0.417 e. The minimum Gasteiger partial charge on any atom is -0.352 e. The normalized spacial score (nSPS) is 15.4. The van der Waals surface area contributed by atoms with E-state index >= 15 is 0 Å². The van der Waals surface area contributed by atoms with Crippen LogP contribution in [0.25, 0.3) is 0 Å². The molecule has 0 unspecified atom stereocenters. The van der Waals surface area contributed by atoms with Crippen molar-refractivity contribution in [2.24, 2.45) is 0 Å². The van der Waals surface area contributed by atoms with Crippen LogP contribution in [-0.2, 0) is 6.18 Å². The summed E-state index contributed by atoms with van der Waals surface area (Å²) < 4.78 is 38.1. The van der Waals surface area contributed by atoms with Gasteiger partial charge in [0.05, 0.1) is 16.3 Å². The molecule has 0 N–H and O–H groups in total. The molecular formula is C15H13ClF3N5S. The highest BCUT2D eigenvalue weighted by Gasteiger charge is 2.32. The number of alkyl halides is 3. The molecule has 0 amide bonds. The van der Waals surface area contributed by atoms with Gasteiger partial charge >= 0.3 is 6.18 Å². The first kappa shape index (κ1) is 17.8. The summed E-state index contributed by atoms with van der Waals surface area (Å²) in [6, 6.07) is 3.02. The van der Waals surface area contributed by atoms with Crippen LogP contribution in [0.4, 0.5) is 24.1 Å². The fourth-order valence-electron chi connectivity index (χ4n) is 2.55. The highest BCUT2D eigenvalue weighted by atomic mass is 35.5. The van der Waals surface area contributed by atoms with Crippen molar-refractivity contribution in [3.05, 3.63) is 33.4 Å². The van der Waals surface area contributed by atoms with Crippen LogP contribution in [0.5, 0.6) is 0 Å². The second-order valence-electron chi connectivity index (χ2n) is 5.52. The van der Waals surface area contributed by atoms with E-state index < -0.39 is 11.7 Å². The molecule has 0 aromatic carbocycles. The Hall–Kier alpha value is -2.05. The predicted octanol–water partition coefficient (Wildman–Crippen LogP) is 3.72. The van der Waals surface area contributed by atoms with Crippen molar-refractivity contribution >= 4 is 33.9 Å². The van der Waals surface area contributed by atoms with E-state index in [1.807, 2.05) is 9.80 Å². The number of hydrogen-bond donors (Lipinski definition) is 0. The van der Waals surface area contributed by atoms with E-state index in [0.717, 1.165) is 17.4 Å². The molecule has 0 bridgehead atoms. The molecule has 1 saturated heterocycles. The topological polar surface area (TPSA) is 56.1 Å². The number of nitriles is 1. The van der Waals surface area contributed by atoms with Gasteiger partial charge in [-0.2, -0.15) is 18.4 Å². The number of aromatic nitrogens is 2. The van der Waals surface area contributed by atoms with Crippen LogP contribution in [0.2, 0.25) is 5.02 Å². The molecule has 0 spiro atoms. The van der Waals surface area contributed by atoms with Crippen molar-refractivity contribution in [3.8, 4) is 6.07 Å². The van der Waals surface area contributed by atoms with Gasteiger partial charge in [-0.1, -0.05) is 22.9 Å². The Morgan fingerprint density at radius 3 is 2.40 bits per heavy atom. The number of piperazine rings is 1. The quantitative estimate of drug-likeness (QED) is 0.786. The maximum atomic E-state index is 12.7. The number of hydrogen-bond acceptors (Lipinski definition) is 6. The number of anilines is 2. The number of rotatable bonds is 2. The Bertz CT molecular complexity index is 822. The van der Waals surface area contributed by atoms with Crippen molar-refractivity contribution in [1.29, 1.82) is 5.26 Å². The zero-order valence-electron chi connectivity index (χ0n) is 13.1. The van der Waals surface area contributed by atoms with Crippen molar-refractivity contribution in [2.45, 2.75) is 13.1 Å². The first-order valence-electron chi connectivity index (χ1n) is 7.39. The van der Waals surface area contributed by atoms with Crippen molar-refractivity contribution in [3.63, 3.8) is 0 Å². The molecule has 0 saturated carbocycles. The summed E-state index contributed by atoms with van der Waals surface area (Å²) in [6.45, 7) is 4.14. The van der Waals surface area contributed by atoms with E-state index in [0.29, 0.717) is 42.6 Å². The van der Waals surface area contributed by atoms with Crippen molar-refractivity contribution in [2.75, 3.05) is 36.0 Å². The maximum absolute atomic E-state index is 12.7. The molecule has 132 valence electrons. The molecule has 0 aliphatic carbocycles. The van der Waals surface area contributed by atoms with Gasteiger partial charge in [0, 0.05) is 32.4 Å². The second-order valence-corrected chi connectivity index (χ2v) is 6.91. The lowest BCUT2D eigenvalue weighted by atomic mass is 10.2. The number of thiazole rings is 1. The Balaban J connectivity index is 1.71. The molecule has 2 aromatic rings. The lowest BCUT2D eigenvalue weighted by Crippen LogP contribution is -2.47.